The monoisotopic (exact) mass is 448 g/mol. The number of ketones is 1. The molecule has 1 atom stereocenters. The van der Waals surface area contributed by atoms with E-state index in [-0.39, 0.29) is 5.56 Å². The van der Waals surface area contributed by atoms with Crippen LogP contribution >= 0.6 is 0 Å². The summed E-state index contributed by atoms with van der Waals surface area (Å²) >= 11 is 0. The summed E-state index contributed by atoms with van der Waals surface area (Å²) in [5.41, 5.74) is 3.88. The van der Waals surface area contributed by atoms with E-state index in [1.54, 1.807) is 33.0 Å². The van der Waals surface area contributed by atoms with Gasteiger partial charge in [0.15, 0.2) is 6.61 Å². The lowest BCUT2D eigenvalue weighted by Gasteiger charge is -2.19. The third-order valence-corrected chi connectivity index (χ3v) is 5.67. The van der Waals surface area contributed by atoms with Crippen LogP contribution in [0.15, 0.2) is 52.2 Å². The highest BCUT2D eigenvalue weighted by atomic mass is 16.5. The second-order valence-electron chi connectivity index (χ2n) is 7.96. The summed E-state index contributed by atoms with van der Waals surface area (Å²) < 4.78 is 12.1. The van der Waals surface area contributed by atoms with Crippen LogP contribution in [0.4, 0.5) is 0 Å². The van der Waals surface area contributed by atoms with Crippen LogP contribution in [-0.2, 0) is 21.4 Å². The number of benzene rings is 1. The summed E-state index contributed by atoms with van der Waals surface area (Å²) in [6.07, 6.45) is 1.97. The number of carbonyl (C=O) groups excluding carboxylic acids is 3. The Morgan fingerprint density at radius 2 is 1.85 bits per heavy atom. The van der Waals surface area contributed by atoms with Crippen LogP contribution in [0.5, 0.6) is 0 Å². The molecule has 4 rings (SSSR count). The molecule has 0 bridgehead atoms. The highest BCUT2D eigenvalue weighted by Gasteiger charge is 2.36. The number of rotatable bonds is 6. The number of hydrogen-bond acceptors (Lipinski definition) is 7. The molecule has 9 heteroatoms. The molecule has 1 aliphatic rings. The molecule has 1 amide bonds. The molecule has 0 spiro atoms. The molecule has 9 nitrogen and oxygen atoms in total. The van der Waals surface area contributed by atoms with Crippen molar-refractivity contribution in [2.75, 3.05) is 6.61 Å². The smallest absolute Gasteiger partial charge is 0.380 e. The number of amides is 1. The number of Topliss-reactive ketones (excluding diaryl/α,β-unsaturated/α-hetero) is 1. The second kappa shape index (κ2) is 8.85. The van der Waals surface area contributed by atoms with Crippen LogP contribution in [0, 0.1) is 20.8 Å². The maximum absolute atomic E-state index is 13.0. The molecule has 0 aliphatic carbocycles. The van der Waals surface area contributed by atoms with Gasteiger partial charge >= 0.3 is 5.97 Å². The van der Waals surface area contributed by atoms with Crippen molar-refractivity contribution in [3.8, 4) is 0 Å². The molecule has 3 heterocycles. The fourth-order valence-electron chi connectivity index (χ4n) is 3.83. The van der Waals surface area contributed by atoms with E-state index in [1.165, 1.54) is 16.0 Å². The summed E-state index contributed by atoms with van der Waals surface area (Å²) in [5.74, 6) is -1.93. The van der Waals surface area contributed by atoms with E-state index in [4.69, 9.17) is 9.15 Å². The van der Waals surface area contributed by atoms with E-state index in [1.807, 2.05) is 31.2 Å². The van der Waals surface area contributed by atoms with Gasteiger partial charge in [0.1, 0.15) is 11.8 Å². The van der Waals surface area contributed by atoms with Gasteiger partial charge in [0.2, 0.25) is 0 Å². The molecule has 0 radical (unpaired) electrons. The van der Waals surface area contributed by atoms with Crippen molar-refractivity contribution in [2.45, 2.75) is 33.2 Å². The fraction of sp³-hybridized carbons (Fsp3) is 0.292. The first-order valence-corrected chi connectivity index (χ1v) is 10.5. The Bertz CT molecular complexity index is 1240. The minimum atomic E-state index is -1.11. The SMILES string of the molecule is Cc1ccc(C2=NN(C(=O)COC(=O)C(=O)c3c(C)nn(C)c3C)[C@H](c3ccco3)C2)cc1. The van der Waals surface area contributed by atoms with Crippen LogP contribution in [0.3, 0.4) is 0 Å². The first-order valence-electron chi connectivity index (χ1n) is 10.5. The average molecular weight is 448 g/mol. The highest BCUT2D eigenvalue weighted by molar-refractivity contribution is 6.41. The zero-order valence-corrected chi connectivity index (χ0v) is 18.9. The molecular weight excluding hydrogens is 424 g/mol. The largest absolute Gasteiger partial charge is 0.467 e. The molecule has 0 saturated heterocycles. The van der Waals surface area contributed by atoms with E-state index in [9.17, 15) is 14.4 Å². The third kappa shape index (κ3) is 4.34. The number of carbonyl (C=O) groups is 3. The van der Waals surface area contributed by atoms with Gasteiger partial charge in [0.05, 0.1) is 23.2 Å². The summed E-state index contributed by atoms with van der Waals surface area (Å²) in [5, 5.41) is 9.88. The van der Waals surface area contributed by atoms with Gasteiger partial charge in [-0.1, -0.05) is 29.8 Å². The number of aromatic nitrogens is 2. The standard InChI is InChI=1S/C24H24N4O5/c1-14-7-9-17(10-8-14)18-12-19(20-6-5-11-32-20)28(26-18)21(29)13-33-24(31)23(30)22-15(2)25-27(4)16(22)3/h5-11,19H,12-13H2,1-4H3/t19-/m0/s1. The number of hydrogen-bond donors (Lipinski definition) is 0. The van der Waals surface area contributed by atoms with Crippen LogP contribution in [0.1, 0.15) is 51.1 Å². The average Bonchev–Trinajstić information content (AvgIpc) is 3.52. The lowest BCUT2D eigenvalue weighted by molar-refractivity contribution is -0.149. The number of nitrogens with zero attached hydrogens (tertiary/aromatic N) is 4. The van der Waals surface area contributed by atoms with Crippen molar-refractivity contribution in [1.82, 2.24) is 14.8 Å². The Balaban J connectivity index is 1.50. The molecule has 2 aromatic heterocycles. The first kappa shape index (κ1) is 22.2. The Hall–Kier alpha value is -4.01. The predicted octanol–water partition coefficient (Wildman–Crippen LogP) is 3.04. The molecule has 0 unspecified atom stereocenters. The Kier molecular flexibility index (Phi) is 5.95. The second-order valence-corrected chi connectivity index (χ2v) is 7.96. The molecule has 33 heavy (non-hydrogen) atoms. The Morgan fingerprint density at radius 3 is 2.45 bits per heavy atom. The zero-order chi connectivity index (χ0) is 23.7. The van der Waals surface area contributed by atoms with E-state index in [0.29, 0.717) is 29.3 Å². The van der Waals surface area contributed by atoms with Gasteiger partial charge in [-0.3, -0.25) is 14.3 Å². The van der Waals surface area contributed by atoms with Gasteiger partial charge in [0.25, 0.3) is 11.7 Å². The molecular formula is C24H24N4O5. The molecule has 1 aromatic carbocycles. The number of ether oxygens (including phenoxy) is 1. The molecule has 0 fully saturated rings. The topological polar surface area (TPSA) is 107 Å². The number of aryl methyl sites for hydroxylation is 3. The quantitative estimate of drug-likeness (QED) is 0.326. The first-order chi connectivity index (χ1) is 15.8. The van der Waals surface area contributed by atoms with Gasteiger partial charge in [-0.25, -0.2) is 9.80 Å². The fourth-order valence-corrected chi connectivity index (χ4v) is 3.83. The molecule has 3 aromatic rings. The summed E-state index contributed by atoms with van der Waals surface area (Å²) in [4.78, 5) is 37.9. The predicted molar refractivity (Wildman–Crippen MR) is 119 cm³/mol. The number of esters is 1. The molecule has 0 N–H and O–H groups in total. The number of hydrazone groups is 1. The van der Waals surface area contributed by atoms with Crippen molar-refractivity contribution in [3.05, 3.63) is 76.5 Å². The van der Waals surface area contributed by atoms with Crippen LogP contribution in [0.25, 0.3) is 0 Å². The van der Waals surface area contributed by atoms with Crippen molar-refractivity contribution in [3.63, 3.8) is 0 Å². The van der Waals surface area contributed by atoms with Crippen molar-refractivity contribution < 1.29 is 23.5 Å². The van der Waals surface area contributed by atoms with Crippen LogP contribution in [-0.4, -0.2) is 44.8 Å². The molecule has 1 aliphatic heterocycles. The molecule has 0 saturated carbocycles. The van der Waals surface area contributed by atoms with Gasteiger partial charge in [-0.05, 0) is 38.5 Å². The summed E-state index contributed by atoms with van der Waals surface area (Å²) in [6, 6.07) is 10.9. The van der Waals surface area contributed by atoms with Crippen molar-refractivity contribution in [2.24, 2.45) is 12.1 Å². The number of furan rings is 1. The lowest BCUT2D eigenvalue weighted by atomic mass is 10.0. The van der Waals surface area contributed by atoms with Crippen molar-refractivity contribution >= 4 is 23.4 Å². The minimum absolute atomic E-state index is 0.185. The van der Waals surface area contributed by atoms with Crippen LogP contribution < -0.4 is 0 Å². The minimum Gasteiger partial charge on any atom is -0.467 e. The zero-order valence-electron chi connectivity index (χ0n) is 18.9. The van der Waals surface area contributed by atoms with E-state index < -0.39 is 30.3 Å². The maximum atomic E-state index is 13.0. The Morgan fingerprint density at radius 1 is 1.12 bits per heavy atom. The van der Waals surface area contributed by atoms with Gasteiger partial charge in [0, 0.05) is 19.2 Å². The van der Waals surface area contributed by atoms with E-state index in [2.05, 4.69) is 10.2 Å². The Labute approximate surface area is 190 Å². The van der Waals surface area contributed by atoms with Crippen LogP contribution in [0.2, 0.25) is 0 Å². The van der Waals surface area contributed by atoms with Gasteiger partial charge in [-0.2, -0.15) is 10.2 Å². The maximum Gasteiger partial charge on any atom is 0.380 e. The molecule has 170 valence electrons. The van der Waals surface area contributed by atoms with Gasteiger partial charge < -0.3 is 9.15 Å². The highest BCUT2D eigenvalue weighted by Crippen LogP contribution is 2.33. The summed E-state index contributed by atoms with van der Waals surface area (Å²) in [6.45, 7) is 4.69. The van der Waals surface area contributed by atoms with E-state index >= 15 is 0 Å². The lowest BCUT2D eigenvalue weighted by Crippen LogP contribution is -2.32. The van der Waals surface area contributed by atoms with Crippen molar-refractivity contribution in [1.29, 1.82) is 0 Å². The van der Waals surface area contributed by atoms with Gasteiger partial charge in [-0.15, -0.1) is 0 Å². The van der Waals surface area contributed by atoms with E-state index in [0.717, 1.165) is 11.1 Å². The normalized spacial score (nSPS) is 15.5. The third-order valence-electron chi connectivity index (χ3n) is 5.67. The summed E-state index contributed by atoms with van der Waals surface area (Å²) in [7, 11) is 1.68.